The number of alkyl halides is 3. The summed E-state index contributed by atoms with van der Waals surface area (Å²) in [6.45, 7) is 1.80. The number of aromatic nitrogens is 2. The standard InChI is InChI=1S/C12H9ClF3N3OS2/c1-6-18-19-11(22-6)21-5-10(20)17-9-3-2-7(4-8(9)13)12(14,15)16/h2-4H,5H2,1H3,(H,17,20). The van der Waals surface area contributed by atoms with Crippen molar-refractivity contribution >= 4 is 46.3 Å². The number of carbonyl (C=O) groups excluding carboxylic acids is 1. The molecule has 2 rings (SSSR count). The minimum Gasteiger partial charge on any atom is -0.324 e. The average Bonchev–Trinajstić information content (AvgIpc) is 2.83. The van der Waals surface area contributed by atoms with Crippen molar-refractivity contribution in [3.8, 4) is 0 Å². The third kappa shape index (κ3) is 4.59. The van der Waals surface area contributed by atoms with Crippen LogP contribution < -0.4 is 5.32 Å². The fourth-order valence-electron chi connectivity index (χ4n) is 1.44. The molecule has 0 aliphatic heterocycles. The molecule has 0 aliphatic carbocycles. The Labute approximate surface area is 137 Å². The second-order valence-electron chi connectivity index (χ2n) is 4.12. The molecular formula is C12H9ClF3N3OS2. The van der Waals surface area contributed by atoms with Gasteiger partial charge in [-0.15, -0.1) is 10.2 Å². The maximum Gasteiger partial charge on any atom is 0.416 e. The van der Waals surface area contributed by atoms with Gasteiger partial charge in [0.05, 0.1) is 22.0 Å². The number of hydrogen-bond acceptors (Lipinski definition) is 5. The van der Waals surface area contributed by atoms with Crippen LogP contribution in [0, 0.1) is 6.92 Å². The molecule has 2 aromatic rings. The van der Waals surface area contributed by atoms with E-state index in [4.69, 9.17) is 11.6 Å². The summed E-state index contributed by atoms with van der Waals surface area (Å²) >= 11 is 8.30. The minimum absolute atomic E-state index is 0.0615. The smallest absolute Gasteiger partial charge is 0.324 e. The third-order valence-corrected chi connectivity index (χ3v) is 4.69. The number of amides is 1. The number of thioether (sulfide) groups is 1. The zero-order valence-corrected chi connectivity index (χ0v) is 13.5. The number of halogens is 4. The molecular weight excluding hydrogens is 359 g/mol. The lowest BCUT2D eigenvalue weighted by Gasteiger charge is -2.10. The van der Waals surface area contributed by atoms with Crippen molar-refractivity contribution in [2.75, 3.05) is 11.1 Å². The first-order valence-electron chi connectivity index (χ1n) is 5.85. The largest absolute Gasteiger partial charge is 0.416 e. The second-order valence-corrected chi connectivity index (χ2v) is 6.93. The number of anilines is 1. The Kier molecular flexibility index (Phi) is 5.30. The van der Waals surface area contributed by atoms with E-state index in [9.17, 15) is 18.0 Å². The van der Waals surface area contributed by atoms with E-state index in [2.05, 4.69) is 15.5 Å². The summed E-state index contributed by atoms with van der Waals surface area (Å²) in [6.07, 6.45) is -4.47. The highest BCUT2D eigenvalue weighted by Crippen LogP contribution is 2.33. The van der Waals surface area contributed by atoms with Crippen LogP contribution in [-0.2, 0) is 11.0 Å². The van der Waals surface area contributed by atoms with Gasteiger partial charge in [0.15, 0.2) is 4.34 Å². The zero-order chi connectivity index (χ0) is 16.3. The van der Waals surface area contributed by atoms with Gasteiger partial charge in [-0.1, -0.05) is 34.7 Å². The number of nitrogens with one attached hydrogen (secondary N) is 1. The van der Waals surface area contributed by atoms with Gasteiger partial charge < -0.3 is 5.32 Å². The van der Waals surface area contributed by atoms with E-state index in [1.54, 1.807) is 6.92 Å². The molecule has 0 aliphatic rings. The molecule has 0 spiro atoms. The summed E-state index contributed by atoms with van der Waals surface area (Å²) in [5.41, 5.74) is -0.733. The Morgan fingerprint density at radius 1 is 1.41 bits per heavy atom. The normalized spacial score (nSPS) is 11.5. The fourth-order valence-corrected chi connectivity index (χ4v) is 3.29. The van der Waals surface area contributed by atoms with E-state index in [1.165, 1.54) is 23.1 Å². The number of nitrogens with zero attached hydrogens (tertiary/aromatic N) is 2. The molecule has 0 radical (unpaired) electrons. The Hall–Kier alpha value is -1.32. The summed E-state index contributed by atoms with van der Waals surface area (Å²) in [4.78, 5) is 11.8. The maximum absolute atomic E-state index is 12.5. The predicted molar refractivity (Wildman–Crippen MR) is 80.5 cm³/mol. The summed E-state index contributed by atoms with van der Waals surface area (Å²) in [7, 11) is 0. The van der Waals surface area contributed by atoms with Gasteiger partial charge in [0.25, 0.3) is 0 Å². The Morgan fingerprint density at radius 3 is 2.68 bits per heavy atom. The van der Waals surface area contributed by atoms with Gasteiger partial charge in [-0.25, -0.2) is 0 Å². The molecule has 0 saturated heterocycles. The molecule has 0 saturated carbocycles. The lowest BCUT2D eigenvalue weighted by Crippen LogP contribution is -2.14. The van der Waals surface area contributed by atoms with Gasteiger partial charge in [0.1, 0.15) is 5.01 Å². The van der Waals surface area contributed by atoms with Crippen LogP contribution in [0.5, 0.6) is 0 Å². The summed E-state index contributed by atoms with van der Waals surface area (Å²) in [5, 5.41) is 10.7. The molecule has 1 aromatic heterocycles. The van der Waals surface area contributed by atoms with E-state index in [0.29, 0.717) is 4.34 Å². The average molecular weight is 368 g/mol. The highest BCUT2D eigenvalue weighted by atomic mass is 35.5. The SMILES string of the molecule is Cc1nnc(SCC(=O)Nc2ccc(C(F)(F)F)cc2Cl)s1. The molecule has 10 heteroatoms. The third-order valence-electron chi connectivity index (χ3n) is 2.40. The van der Waals surface area contributed by atoms with E-state index < -0.39 is 11.7 Å². The number of hydrogen-bond donors (Lipinski definition) is 1. The molecule has 118 valence electrons. The van der Waals surface area contributed by atoms with Crippen LogP contribution in [-0.4, -0.2) is 21.9 Å². The van der Waals surface area contributed by atoms with Crippen LogP contribution in [0.4, 0.5) is 18.9 Å². The van der Waals surface area contributed by atoms with Crippen molar-refractivity contribution in [3.63, 3.8) is 0 Å². The van der Waals surface area contributed by atoms with Gasteiger partial charge in [0.2, 0.25) is 5.91 Å². The molecule has 0 atom stereocenters. The predicted octanol–water partition coefficient (Wildman–Crippen LogP) is 4.25. The number of rotatable bonds is 4. The van der Waals surface area contributed by atoms with Crippen LogP contribution in [0.25, 0.3) is 0 Å². The molecule has 0 unspecified atom stereocenters. The number of benzene rings is 1. The Morgan fingerprint density at radius 2 is 2.14 bits per heavy atom. The highest BCUT2D eigenvalue weighted by molar-refractivity contribution is 8.01. The van der Waals surface area contributed by atoms with Crippen LogP contribution in [0.2, 0.25) is 5.02 Å². The number of carbonyl (C=O) groups is 1. The second kappa shape index (κ2) is 6.84. The van der Waals surface area contributed by atoms with E-state index in [0.717, 1.165) is 23.2 Å². The maximum atomic E-state index is 12.5. The van der Waals surface area contributed by atoms with Crippen LogP contribution in [0.3, 0.4) is 0 Å². The number of aryl methyl sites for hydroxylation is 1. The monoisotopic (exact) mass is 367 g/mol. The van der Waals surface area contributed by atoms with E-state index >= 15 is 0 Å². The van der Waals surface area contributed by atoms with E-state index in [1.807, 2.05) is 0 Å². The van der Waals surface area contributed by atoms with Gasteiger partial charge in [-0.3, -0.25) is 4.79 Å². The Balaban J connectivity index is 1.96. The quantitative estimate of drug-likeness (QED) is 0.821. The lowest BCUT2D eigenvalue weighted by atomic mass is 10.2. The summed E-state index contributed by atoms with van der Waals surface area (Å²) in [6, 6.07) is 2.77. The van der Waals surface area contributed by atoms with Crippen molar-refractivity contribution in [3.05, 3.63) is 33.8 Å². The first-order valence-corrected chi connectivity index (χ1v) is 8.03. The molecule has 1 N–H and O–H groups in total. The summed E-state index contributed by atoms with van der Waals surface area (Å²) in [5.74, 6) is -0.328. The van der Waals surface area contributed by atoms with Crippen molar-refractivity contribution in [2.45, 2.75) is 17.4 Å². The van der Waals surface area contributed by atoms with Gasteiger partial charge >= 0.3 is 6.18 Å². The van der Waals surface area contributed by atoms with Gasteiger partial charge in [0, 0.05) is 0 Å². The van der Waals surface area contributed by atoms with Gasteiger partial charge in [-0.05, 0) is 25.1 Å². The highest BCUT2D eigenvalue weighted by Gasteiger charge is 2.30. The molecule has 0 fully saturated rings. The van der Waals surface area contributed by atoms with Crippen molar-refractivity contribution in [2.24, 2.45) is 0 Å². The lowest BCUT2D eigenvalue weighted by molar-refractivity contribution is -0.137. The molecule has 1 amide bonds. The van der Waals surface area contributed by atoms with Crippen molar-refractivity contribution in [1.29, 1.82) is 0 Å². The summed E-state index contributed by atoms with van der Waals surface area (Å²) < 4.78 is 38.2. The van der Waals surface area contributed by atoms with Crippen molar-refractivity contribution < 1.29 is 18.0 Å². The molecule has 0 bridgehead atoms. The van der Waals surface area contributed by atoms with Crippen LogP contribution in [0.15, 0.2) is 22.5 Å². The van der Waals surface area contributed by atoms with E-state index in [-0.39, 0.29) is 22.4 Å². The molecule has 22 heavy (non-hydrogen) atoms. The minimum atomic E-state index is -4.47. The molecule has 1 aromatic carbocycles. The zero-order valence-electron chi connectivity index (χ0n) is 11.1. The molecule has 4 nitrogen and oxygen atoms in total. The first-order chi connectivity index (χ1) is 10.3. The van der Waals surface area contributed by atoms with Crippen molar-refractivity contribution in [1.82, 2.24) is 10.2 Å². The Bertz CT molecular complexity index is 690. The first kappa shape index (κ1) is 17.0. The van der Waals surface area contributed by atoms with Gasteiger partial charge in [-0.2, -0.15) is 13.2 Å². The van der Waals surface area contributed by atoms with Crippen LogP contribution >= 0.6 is 34.7 Å². The fraction of sp³-hybridized carbons (Fsp3) is 0.250. The topological polar surface area (TPSA) is 54.9 Å². The molecule has 1 heterocycles. The van der Waals surface area contributed by atoms with Crippen LogP contribution in [0.1, 0.15) is 10.6 Å².